The molecular formula is C21H20ClN3O2. The molecule has 0 unspecified atom stereocenters. The van der Waals surface area contributed by atoms with Gasteiger partial charge in [0.05, 0.1) is 10.9 Å². The van der Waals surface area contributed by atoms with Crippen molar-refractivity contribution in [2.45, 2.75) is 38.6 Å². The largest absolute Gasteiger partial charge is 0.322 e. The summed E-state index contributed by atoms with van der Waals surface area (Å²) in [6, 6.07) is 12.0. The van der Waals surface area contributed by atoms with Crippen LogP contribution in [0.15, 0.2) is 47.3 Å². The Morgan fingerprint density at radius 2 is 1.93 bits per heavy atom. The fraction of sp³-hybridized carbons (Fsp3) is 0.286. The van der Waals surface area contributed by atoms with Crippen LogP contribution in [0.2, 0.25) is 5.02 Å². The van der Waals surface area contributed by atoms with E-state index in [-0.39, 0.29) is 11.5 Å². The van der Waals surface area contributed by atoms with Gasteiger partial charge in [0.1, 0.15) is 5.82 Å². The molecule has 6 heteroatoms. The molecule has 0 atom stereocenters. The average molecular weight is 382 g/mol. The molecule has 138 valence electrons. The average Bonchev–Trinajstić information content (AvgIpc) is 2.63. The Hall–Kier alpha value is -2.66. The fourth-order valence-corrected chi connectivity index (χ4v) is 3.70. The summed E-state index contributed by atoms with van der Waals surface area (Å²) in [4.78, 5) is 30.1. The molecule has 0 radical (unpaired) electrons. The molecule has 27 heavy (non-hydrogen) atoms. The van der Waals surface area contributed by atoms with Gasteiger partial charge in [-0.05, 0) is 49.2 Å². The van der Waals surface area contributed by atoms with Gasteiger partial charge in [0.2, 0.25) is 0 Å². The van der Waals surface area contributed by atoms with Crippen LogP contribution >= 0.6 is 11.6 Å². The van der Waals surface area contributed by atoms with E-state index < -0.39 is 0 Å². The molecule has 0 spiro atoms. The summed E-state index contributed by atoms with van der Waals surface area (Å²) < 4.78 is 1.80. The van der Waals surface area contributed by atoms with Crippen molar-refractivity contribution in [2.75, 3.05) is 5.32 Å². The number of benzene rings is 2. The van der Waals surface area contributed by atoms with Gasteiger partial charge in [-0.1, -0.05) is 30.5 Å². The van der Waals surface area contributed by atoms with Crippen LogP contribution in [0.5, 0.6) is 0 Å². The van der Waals surface area contributed by atoms with Gasteiger partial charge in [0.15, 0.2) is 0 Å². The second kappa shape index (κ2) is 7.53. The van der Waals surface area contributed by atoms with Gasteiger partial charge in [0.25, 0.3) is 11.5 Å². The molecule has 0 aliphatic carbocycles. The summed E-state index contributed by atoms with van der Waals surface area (Å²) in [5, 5.41) is 3.93. The smallest absolute Gasteiger partial charge is 0.261 e. The van der Waals surface area contributed by atoms with E-state index in [0.717, 1.165) is 37.9 Å². The summed E-state index contributed by atoms with van der Waals surface area (Å²) in [7, 11) is 0. The number of carbonyl (C=O) groups excluding carboxylic acids is 1. The summed E-state index contributed by atoms with van der Waals surface area (Å²) in [5.74, 6) is 0.562. The minimum Gasteiger partial charge on any atom is -0.322 e. The van der Waals surface area contributed by atoms with Crippen molar-refractivity contribution >= 4 is 34.1 Å². The van der Waals surface area contributed by atoms with Gasteiger partial charge in [-0.15, -0.1) is 0 Å². The van der Waals surface area contributed by atoms with E-state index in [0.29, 0.717) is 33.7 Å². The number of halogens is 1. The number of amides is 1. The summed E-state index contributed by atoms with van der Waals surface area (Å²) in [6.07, 6.45) is 5.14. The number of nitrogens with zero attached hydrogens (tertiary/aromatic N) is 2. The third-order valence-corrected chi connectivity index (χ3v) is 5.15. The topological polar surface area (TPSA) is 64.0 Å². The van der Waals surface area contributed by atoms with E-state index in [1.807, 2.05) is 0 Å². The van der Waals surface area contributed by atoms with Crippen LogP contribution in [-0.2, 0) is 13.0 Å². The highest BCUT2D eigenvalue weighted by Crippen LogP contribution is 2.19. The molecule has 3 aromatic rings. The highest BCUT2D eigenvalue weighted by atomic mass is 35.5. The van der Waals surface area contributed by atoms with Gasteiger partial charge in [-0.25, -0.2) is 4.98 Å². The zero-order valence-electron chi connectivity index (χ0n) is 14.9. The first kappa shape index (κ1) is 17.7. The third kappa shape index (κ3) is 3.74. The van der Waals surface area contributed by atoms with E-state index in [1.165, 1.54) is 0 Å². The van der Waals surface area contributed by atoms with Crippen molar-refractivity contribution in [1.82, 2.24) is 9.55 Å². The Kier molecular flexibility index (Phi) is 4.94. The molecule has 4 rings (SSSR count). The van der Waals surface area contributed by atoms with Crippen LogP contribution in [-0.4, -0.2) is 15.5 Å². The molecule has 0 bridgehead atoms. The molecule has 2 heterocycles. The lowest BCUT2D eigenvalue weighted by Crippen LogP contribution is -2.26. The molecule has 1 aromatic heterocycles. The van der Waals surface area contributed by atoms with E-state index in [9.17, 15) is 9.59 Å². The van der Waals surface area contributed by atoms with Crippen LogP contribution in [0, 0.1) is 0 Å². The van der Waals surface area contributed by atoms with Gasteiger partial charge in [-0.3, -0.25) is 14.2 Å². The van der Waals surface area contributed by atoms with Crippen LogP contribution < -0.4 is 10.9 Å². The molecule has 1 aliphatic heterocycles. The molecule has 5 nitrogen and oxygen atoms in total. The molecule has 1 N–H and O–H groups in total. The number of aryl methyl sites for hydroxylation is 1. The van der Waals surface area contributed by atoms with Crippen molar-refractivity contribution in [3.05, 3.63) is 69.2 Å². The Morgan fingerprint density at radius 1 is 1.07 bits per heavy atom. The Morgan fingerprint density at radius 3 is 2.78 bits per heavy atom. The standard InChI is InChI=1S/C21H20ClN3O2/c22-15-6-5-7-16(13-15)23-20(26)14-9-10-17-18(12-14)24-19-8-3-1-2-4-11-25(19)21(17)27/h5-7,9-10,12-13H,1-4,8,11H2,(H,23,26). The van der Waals surface area contributed by atoms with Crippen LogP contribution in [0.1, 0.15) is 41.9 Å². The predicted molar refractivity (Wildman–Crippen MR) is 108 cm³/mol. The molecule has 0 saturated carbocycles. The molecule has 0 fully saturated rings. The summed E-state index contributed by atoms with van der Waals surface area (Å²) >= 11 is 5.96. The maximum absolute atomic E-state index is 12.9. The lowest BCUT2D eigenvalue weighted by molar-refractivity contribution is 0.102. The number of rotatable bonds is 2. The first-order valence-electron chi connectivity index (χ1n) is 9.22. The Labute approximate surface area is 162 Å². The van der Waals surface area contributed by atoms with E-state index in [2.05, 4.69) is 5.32 Å². The Balaban J connectivity index is 1.70. The highest BCUT2D eigenvalue weighted by molar-refractivity contribution is 6.31. The second-order valence-electron chi connectivity index (χ2n) is 6.85. The van der Waals surface area contributed by atoms with Crippen molar-refractivity contribution in [3.63, 3.8) is 0 Å². The van der Waals surface area contributed by atoms with E-state index >= 15 is 0 Å². The van der Waals surface area contributed by atoms with Crippen molar-refractivity contribution in [3.8, 4) is 0 Å². The second-order valence-corrected chi connectivity index (χ2v) is 7.28. The molecule has 2 aromatic carbocycles. The third-order valence-electron chi connectivity index (χ3n) is 4.91. The lowest BCUT2D eigenvalue weighted by atomic mass is 10.1. The van der Waals surface area contributed by atoms with Crippen molar-refractivity contribution < 1.29 is 4.79 Å². The number of hydrogen-bond acceptors (Lipinski definition) is 3. The van der Waals surface area contributed by atoms with Gasteiger partial charge >= 0.3 is 0 Å². The highest BCUT2D eigenvalue weighted by Gasteiger charge is 2.15. The maximum Gasteiger partial charge on any atom is 0.261 e. The molecule has 1 amide bonds. The normalized spacial score (nSPS) is 14.3. The van der Waals surface area contributed by atoms with E-state index in [4.69, 9.17) is 16.6 Å². The van der Waals surface area contributed by atoms with E-state index in [1.54, 1.807) is 47.0 Å². The SMILES string of the molecule is O=C(Nc1cccc(Cl)c1)c1ccc2c(=O)n3c(nc2c1)CCCCCC3. The van der Waals surface area contributed by atoms with Crippen LogP contribution in [0.4, 0.5) is 5.69 Å². The quantitative estimate of drug-likeness (QED) is 0.714. The number of fused-ring (bicyclic) bond motifs is 2. The van der Waals surface area contributed by atoms with Crippen LogP contribution in [0.3, 0.4) is 0 Å². The minimum atomic E-state index is -0.257. The first-order chi connectivity index (χ1) is 13.1. The first-order valence-corrected chi connectivity index (χ1v) is 9.60. The number of aromatic nitrogens is 2. The van der Waals surface area contributed by atoms with Crippen molar-refractivity contribution in [2.24, 2.45) is 0 Å². The van der Waals surface area contributed by atoms with Gasteiger partial charge in [0, 0.05) is 29.2 Å². The summed E-state index contributed by atoms with van der Waals surface area (Å²) in [5.41, 5.74) is 1.65. The molecule has 1 aliphatic rings. The van der Waals surface area contributed by atoms with Crippen molar-refractivity contribution in [1.29, 1.82) is 0 Å². The van der Waals surface area contributed by atoms with Gasteiger partial charge in [-0.2, -0.15) is 0 Å². The fourth-order valence-electron chi connectivity index (χ4n) is 3.51. The molecule has 0 saturated heterocycles. The number of nitrogens with one attached hydrogen (secondary N) is 1. The van der Waals surface area contributed by atoms with Gasteiger partial charge < -0.3 is 5.32 Å². The summed E-state index contributed by atoms with van der Waals surface area (Å²) in [6.45, 7) is 0.716. The maximum atomic E-state index is 12.9. The van der Waals surface area contributed by atoms with Crippen LogP contribution in [0.25, 0.3) is 10.9 Å². The Bertz CT molecular complexity index is 1070. The number of anilines is 1. The molecular weight excluding hydrogens is 362 g/mol. The number of carbonyl (C=O) groups is 1. The lowest BCUT2D eigenvalue weighted by Gasteiger charge is -2.16. The zero-order valence-corrected chi connectivity index (χ0v) is 15.6. The monoisotopic (exact) mass is 381 g/mol. The number of hydrogen-bond donors (Lipinski definition) is 1. The predicted octanol–water partition coefficient (Wildman–Crippen LogP) is 4.42. The minimum absolute atomic E-state index is 0.0151. The zero-order chi connectivity index (χ0) is 18.8.